The highest BCUT2D eigenvalue weighted by atomic mass is 35.5. The fourth-order valence-electron chi connectivity index (χ4n) is 1.76. The molecule has 0 aliphatic rings. The van der Waals surface area contributed by atoms with Crippen LogP contribution in [0.4, 0.5) is 0 Å². The van der Waals surface area contributed by atoms with Gasteiger partial charge in [-0.2, -0.15) is 0 Å². The molecule has 0 atom stereocenters. The second-order valence-corrected chi connectivity index (χ2v) is 5.57. The van der Waals surface area contributed by atoms with E-state index in [1.807, 2.05) is 0 Å². The topological polar surface area (TPSA) is 29.1 Å². The molecule has 96 valence electrons. The standard InChI is InChI=1S/C13H26ClNO/c1-5-11(6-2)12(16)15-10-13(3,4)8-7-9-14/h11H,5-10H2,1-4H3,(H,15,16). The van der Waals surface area contributed by atoms with Crippen LogP contribution in [-0.2, 0) is 4.79 Å². The van der Waals surface area contributed by atoms with Gasteiger partial charge < -0.3 is 5.32 Å². The van der Waals surface area contributed by atoms with Crippen molar-refractivity contribution in [2.45, 2.75) is 53.4 Å². The number of carbonyl (C=O) groups is 1. The minimum atomic E-state index is 0.149. The Balaban J connectivity index is 3.97. The monoisotopic (exact) mass is 247 g/mol. The summed E-state index contributed by atoms with van der Waals surface area (Å²) in [5.41, 5.74) is 0.149. The lowest BCUT2D eigenvalue weighted by molar-refractivity contribution is -0.125. The van der Waals surface area contributed by atoms with Crippen molar-refractivity contribution < 1.29 is 4.79 Å². The molecule has 1 amide bonds. The molecule has 0 aliphatic carbocycles. The minimum Gasteiger partial charge on any atom is -0.355 e. The summed E-state index contributed by atoms with van der Waals surface area (Å²) in [5, 5.41) is 3.05. The quantitative estimate of drug-likeness (QED) is 0.653. The first kappa shape index (κ1) is 15.8. The summed E-state index contributed by atoms with van der Waals surface area (Å²) in [6, 6.07) is 0. The van der Waals surface area contributed by atoms with Gasteiger partial charge >= 0.3 is 0 Å². The largest absolute Gasteiger partial charge is 0.355 e. The van der Waals surface area contributed by atoms with Crippen LogP contribution in [0.15, 0.2) is 0 Å². The Bertz CT molecular complexity index is 200. The number of hydrogen-bond donors (Lipinski definition) is 1. The van der Waals surface area contributed by atoms with Gasteiger partial charge in [-0.15, -0.1) is 11.6 Å². The van der Waals surface area contributed by atoms with Gasteiger partial charge in [-0.1, -0.05) is 27.7 Å². The Kier molecular flexibility index (Phi) is 7.82. The number of amides is 1. The van der Waals surface area contributed by atoms with Gasteiger partial charge in [0.05, 0.1) is 0 Å². The Morgan fingerprint density at radius 2 is 1.88 bits per heavy atom. The van der Waals surface area contributed by atoms with Gasteiger partial charge in [0.1, 0.15) is 0 Å². The number of rotatable bonds is 8. The Morgan fingerprint density at radius 1 is 1.31 bits per heavy atom. The van der Waals surface area contributed by atoms with Gasteiger partial charge in [0, 0.05) is 18.3 Å². The number of hydrogen-bond acceptors (Lipinski definition) is 1. The van der Waals surface area contributed by atoms with Gasteiger partial charge in [0.25, 0.3) is 0 Å². The van der Waals surface area contributed by atoms with Crippen LogP contribution in [0.1, 0.15) is 53.4 Å². The van der Waals surface area contributed by atoms with E-state index >= 15 is 0 Å². The molecule has 1 N–H and O–H groups in total. The third kappa shape index (κ3) is 6.37. The zero-order valence-corrected chi connectivity index (χ0v) is 11.9. The molecule has 0 aromatic carbocycles. The van der Waals surface area contributed by atoms with E-state index in [-0.39, 0.29) is 17.2 Å². The Morgan fingerprint density at radius 3 is 2.31 bits per heavy atom. The second-order valence-electron chi connectivity index (χ2n) is 5.19. The summed E-state index contributed by atoms with van der Waals surface area (Å²) in [7, 11) is 0. The van der Waals surface area contributed by atoms with Crippen LogP contribution >= 0.6 is 11.6 Å². The fourth-order valence-corrected chi connectivity index (χ4v) is 1.90. The van der Waals surface area contributed by atoms with Crippen LogP contribution in [0, 0.1) is 11.3 Å². The second kappa shape index (κ2) is 7.94. The SMILES string of the molecule is CCC(CC)C(=O)NCC(C)(C)CCCCl. The van der Waals surface area contributed by atoms with Crippen molar-refractivity contribution in [3.05, 3.63) is 0 Å². The first-order chi connectivity index (χ1) is 7.46. The molecule has 16 heavy (non-hydrogen) atoms. The predicted molar refractivity (Wildman–Crippen MR) is 70.8 cm³/mol. The molecule has 0 saturated carbocycles. The van der Waals surface area contributed by atoms with Crippen LogP contribution in [-0.4, -0.2) is 18.3 Å². The number of alkyl halides is 1. The lowest BCUT2D eigenvalue weighted by atomic mass is 9.88. The molecule has 2 nitrogen and oxygen atoms in total. The van der Waals surface area contributed by atoms with Crippen LogP contribution in [0.2, 0.25) is 0 Å². The third-order valence-corrected chi connectivity index (χ3v) is 3.35. The van der Waals surface area contributed by atoms with Crippen molar-refractivity contribution in [3.8, 4) is 0 Å². The van der Waals surface area contributed by atoms with Gasteiger partial charge in [-0.25, -0.2) is 0 Å². The summed E-state index contributed by atoms with van der Waals surface area (Å²) < 4.78 is 0. The van der Waals surface area contributed by atoms with Crippen molar-refractivity contribution in [2.75, 3.05) is 12.4 Å². The zero-order chi connectivity index (χ0) is 12.6. The molecule has 0 unspecified atom stereocenters. The van der Waals surface area contributed by atoms with E-state index in [0.29, 0.717) is 5.88 Å². The van der Waals surface area contributed by atoms with E-state index in [4.69, 9.17) is 11.6 Å². The average molecular weight is 248 g/mol. The van der Waals surface area contributed by atoms with Crippen LogP contribution in [0.5, 0.6) is 0 Å². The molecule has 0 radical (unpaired) electrons. The molecular formula is C13H26ClNO. The fraction of sp³-hybridized carbons (Fsp3) is 0.923. The van der Waals surface area contributed by atoms with Crippen LogP contribution in [0.3, 0.4) is 0 Å². The van der Waals surface area contributed by atoms with Crippen molar-refractivity contribution in [3.63, 3.8) is 0 Å². The highest BCUT2D eigenvalue weighted by molar-refractivity contribution is 6.17. The highest BCUT2D eigenvalue weighted by Gasteiger charge is 2.20. The normalized spacial score (nSPS) is 11.9. The first-order valence-corrected chi connectivity index (χ1v) is 6.84. The smallest absolute Gasteiger partial charge is 0.223 e. The molecule has 0 aliphatic heterocycles. The third-order valence-electron chi connectivity index (χ3n) is 3.08. The van der Waals surface area contributed by atoms with Crippen molar-refractivity contribution >= 4 is 17.5 Å². The summed E-state index contributed by atoms with van der Waals surface area (Å²) >= 11 is 5.68. The summed E-state index contributed by atoms with van der Waals surface area (Å²) in [4.78, 5) is 11.8. The highest BCUT2D eigenvalue weighted by Crippen LogP contribution is 2.21. The molecule has 0 fully saturated rings. The molecule has 0 aromatic heterocycles. The molecule has 0 heterocycles. The molecular weight excluding hydrogens is 222 g/mol. The molecule has 0 aromatic rings. The van der Waals surface area contributed by atoms with Gasteiger partial charge in [0.15, 0.2) is 0 Å². The van der Waals surface area contributed by atoms with Gasteiger partial charge in [-0.3, -0.25) is 4.79 Å². The van der Waals surface area contributed by atoms with E-state index in [9.17, 15) is 4.79 Å². The predicted octanol–water partition coefficient (Wildman–Crippen LogP) is 3.58. The Hall–Kier alpha value is -0.240. The number of halogens is 1. The van der Waals surface area contributed by atoms with Crippen LogP contribution in [0.25, 0.3) is 0 Å². The summed E-state index contributed by atoms with van der Waals surface area (Å²) in [6.45, 7) is 9.22. The van der Waals surface area contributed by atoms with Gasteiger partial charge in [0.2, 0.25) is 5.91 Å². The van der Waals surface area contributed by atoms with E-state index in [1.54, 1.807) is 0 Å². The van der Waals surface area contributed by atoms with Gasteiger partial charge in [-0.05, 0) is 31.1 Å². The van der Waals surface area contributed by atoms with E-state index < -0.39 is 0 Å². The first-order valence-electron chi connectivity index (χ1n) is 6.30. The summed E-state index contributed by atoms with van der Waals surface area (Å²) in [6.07, 6.45) is 3.91. The Labute approximate surface area is 105 Å². The number of carbonyl (C=O) groups excluding carboxylic acids is 1. The van der Waals surface area contributed by atoms with Crippen molar-refractivity contribution in [2.24, 2.45) is 11.3 Å². The van der Waals surface area contributed by atoms with Crippen molar-refractivity contribution in [1.82, 2.24) is 5.32 Å². The maximum atomic E-state index is 11.8. The summed E-state index contributed by atoms with van der Waals surface area (Å²) in [5.74, 6) is 1.07. The van der Waals surface area contributed by atoms with Crippen molar-refractivity contribution in [1.29, 1.82) is 0 Å². The van der Waals surface area contributed by atoms with Crippen LogP contribution < -0.4 is 5.32 Å². The number of nitrogens with one attached hydrogen (secondary N) is 1. The van der Waals surface area contributed by atoms with E-state index in [2.05, 4.69) is 33.0 Å². The zero-order valence-electron chi connectivity index (χ0n) is 11.1. The molecule has 0 saturated heterocycles. The van der Waals surface area contributed by atoms with E-state index in [0.717, 1.165) is 32.2 Å². The maximum absolute atomic E-state index is 11.8. The molecule has 0 spiro atoms. The average Bonchev–Trinajstić information content (AvgIpc) is 2.25. The van der Waals surface area contributed by atoms with E-state index in [1.165, 1.54) is 0 Å². The lowest BCUT2D eigenvalue weighted by Gasteiger charge is -2.25. The molecule has 0 rings (SSSR count). The maximum Gasteiger partial charge on any atom is 0.223 e. The molecule has 0 bridgehead atoms. The minimum absolute atomic E-state index is 0.149. The lowest BCUT2D eigenvalue weighted by Crippen LogP contribution is -2.37. The molecule has 3 heteroatoms.